The number of nitrogens with two attached hydrogens (primary N) is 2. The molecule has 124 valence electrons. The Kier molecular flexibility index (Phi) is 4.72. The second-order valence-electron chi connectivity index (χ2n) is 5.33. The lowest BCUT2D eigenvalue weighted by molar-refractivity contribution is 0.147. The van der Waals surface area contributed by atoms with Gasteiger partial charge in [0.25, 0.3) is 0 Å². The zero-order chi connectivity index (χ0) is 16.9. The summed E-state index contributed by atoms with van der Waals surface area (Å²) in [7, 11) is 1.64. The quantitative estimate of drug-likeness (QED) is 0.665. The van der Waals surface area contributed by atoms with E-state index in [2.05, 4.69) is 21.0 Å². The summed E-state index contributed by atoms with van der Waals surface area (Å²) in [4.78, 5) is 12.4. The molecule has 0 atom stereocenters. The number of hydrogen-bond acceptors (Lipinski definition) is 7. The molecule has 4 N–H and O–H groups in total. The van der Waals surface area contributed by atoms with Crippen molar-refractivity contribution in [2.75, 3.05) is 31.8 Å². The lowest BCUT2D eigenvalue weighted by atomic mass is 10.0. The average molecular weight is 325 g/mol. The molecule has 24 heavy (non-hydrogen) atoms. The molecule has 0 radical (unpaired) electrons. The Labute approximate surface area is 139 Å². The van der Waals surface area contributed by atoms with E-state index < -0.39 is 0 Å². The van der Waals surface area contributed by atoms with Gasteiger partial charge in [-0.15, -0.1) is 0 Å². The van der Waals surface area contributed by atoms with Gasteiger partial charge in [-0.05, 0) is 23.8 Å². The molecule has 2 aromatic heterocycles. The number of rotatable bonds is 6. The van der Waals surface area contributed by atoms with Gasteiger partial charge >= 0.3 is 0 Å². The minimum atomic E-state index is 0.169. The molecule has 0 aliphatic heterocycles. The van der Waals surface area contributed by atoms with Gasteiger partial charge in [-0.25, -0.2) is 4.98 Å². The summed E-state index contributed by atoms with van der Waals surface area (Å²) in [6.45, 7) is 0.968. The van der Waals surface area contributed by atoms with E-state index >= 15 is 0 Å². The van der Waals surface area contributed by atoms with Crippen molar-refractivity contribution >= 4 is 22.7 Å². The van der Waals surface area contributed by atoms with Crippen molar-refractivity contribution in [3.05, 3.63) is 47.8 Å². The number of methoxy groups -OCH3 is 1. The molecule has 0 saturated heterocycles. The van der Waals surface area contributed by atoms with E-state index in [9.17, 15) is 0 Å². The smallest absolute Gasteiger partial charge is 0.221 e. The Hall–Kier alpha value is -2.93. The number of benzene rings is 1. The maximum absolute atomic E-state index is 5.93. The van der Waals surface area contributed by atoms with Gasteiger partial charge in [0.2, 0.25) is 5.95 Å². The third-order valence-electron chi connectivity index (χ3n) is 3.59. The number of hydrogen-bond donors (Lipinski definition) is 2. The second-order valence-corrected chi connectivity index (χ2v) is 5.33. The molecule has 7 heteroatoms. The number of nitrogens with zero attached hydrogens (tertiary/aromatic N) is 3. The Bertz CT molecular complexity index is 854. The highest BCUT2D eigenvalue weighted by atomic mass is 16.5. The molecule has 3 rings (SSSR count). The Morgan fingerprint density at radius 1 is 1.12 bits per heavy atom. The van der Waals surface area contributed by atoms with E-state index in [1.807, 2.05) is 18.2 Å². The van der Waals surface area contributed by atoms with Gasteiger partial charge in [-0.1, -0.05) is 6.07 Å². The predicted octanol–water partition coefficient (Wildman–Crippen LogP) is 1.81. The van der Waals surface area contributed by atoms with Gasteiger partial charge in [0, 0.05) is 36.9 Å². The largest absolute Gasteiger partial charge is 0.489 e. The van der Waals surface area contributed by atoms with Gasteiger partial charge < -0.3 is 20.9 Å². The van der Waals surface area contributed by atoms with Gasteiger partial charge in [0.15, 0.2) is 0 Å². The lowest BCUT2D eigenvalue weighted by Crippen LogP contribution is -2.06. The number of pyridine rings is 1. The van der Waals surface area contributed by atoms with Gasteiger partial charge in [-0.3, -0.25) is 4.98 Å². The lowest BCUT2D eigenvalue weighted by Gasteiger charge is -2.12. The number of fused-ring (bicyclic) bond motifs is 1. The van der Waals surface area contributed by atoms with Crippen LogP contribution in [0.5, 0.6) is 5.75 Å². The molecule has 0 aliphatic rings. The Morgan fingerprint density at radius 3 is 2.79 bits per heavy atom. The van der Waals surface area contributed by atoms with Crippen LogP contribution in [0.3, 0.4) is 0 Å². The average Bonchev–Trinajstić information content (AvgIpc) is 2.57. The first-order valence-electron chi connectivity index (χ1n) is 7.53. The summed E-state index contributed by atoms with van der Waals surface area (Å²) in [6.07, 6.45) is 3.98. The highest BCUT2D eigenvalue weighted by molar-refractivity contribution is 5.85. The van der Waals surface area contributed by atoms with E-state index in [0.29, 0.717) is 25.5 Å². The zero-order valence-electron chi connectivity index (χ0n) is 13.4. The van der Waals surface area contributed by atoms with Crippen molar-refractivity contribution in [3.63, 3.8) is 0 Å². The molecule has 1 aromatic carbocycles. The summed E-state index contributed by atoms with van der Waals surface area (Å²) in [5.74, 6) is 1.27. The maximum atomic E-state index is 5.93. The van der Waals surface area contributed by atoms with E-state index in [0.717, 1.165) is 27.8 Å². The van der Waals surface area contributed by atoms with Crippen molar-refractivity contribution in [2.45, 2.75) is 6.42 Å². The summed E-state index contributed by atoms with van der Waals surface area (Å²) >= 11 is 0. The fourth-order valence-corrected chi connectivity index (χ4v) is 2.46. The summed E-state index contributed by atoms with van der Waals surface area (Å²) in [5.41, 5.74) is 14.1. The first-order valence-corrected chi connectivity index (χ1v) is 7.53. The highest BCUT2D eigenvalue weighted by Crippen LogP contribution is 2.27. The molecule has 0 saturated carbocycles. The molecule has 7 nitrogen and oxygen atoms in total. The van der Waals surface area contributed by atoms with Crippen LogP contribution >= 0.6 is 0 Å². The molecule has 2 heterocycles. The van der Waals surface area contributed by atoms with E-state index in [-0.39, 0.29) is 5.95 Å². The van der Waals surface area contributed by atoms with Gasteiger partial charge in [0.05, 0.1) is 6.61 Å². The summed E-state index contributed by atoms with van der Waals surface area (Å²) in [6, 6.07) is 7.91. The summed E-state index contributed by atoms with van der Waals surface area (Å²) < 4.78 is 10.9. The topological polar surface area (TPSA) is 109 Å². The predicted molar refractivity (Wildman–Crippen MR) is 92.8 cm³/mol. The van der Waals surface area contributed by atoms with Crippen LogP contribution in [0.2, 0.25) is 0 Å². The Morgan fingerprint density at radius 2 is 2.00 bits per heavy atom. The molecule has 0 aliphatic carbocycles. The van der Waals surface area contributed by atoms with E-state index in [4.69, 9.17) is 20.9 Å². The number of ether oxygens (including phenoxy) is 2. The van der Waals surface area contributed by atoms with Crippen LogP contribution in [0.1, 0.15) is 11.1 Å². The summed E-state index contributed by atoms with van der Waals surface area (Å²) in [5, 5.41) is 0.998. The van der Waals surface area contributed by atoms with Crippen LogP contribution in [0.15, 0.2) is 36.7 Å². The normalized spacial score (nSPS) is 10.9. The molecule has 0 unspecified atom stereocenters. The molecule has 0 spiro atoms. The molecule has 0 bridgehead atoms. The second kappa shape index (κ2) is 7.10. The minimum Gasteiger partial charge on any atom is -0.489 e. The van der Waals surface area contributed by atoms with Gasteiger partial charge in [-0.2, -0.15) is 4.98 Å². The van der Waals surface area contributed by atoms with Crippen LogP contribution < -0.4 is 16.2 Å². The molecular formula is C17H19N5O2. The monoisotopic (exact) mass is 325 g/mol. The third kappa shape index (κ3) is 3.52. The van der Waals surface area contributed by atoms with Crippen molar-refractivity contribution in [1.82, 2.24) is 15.0 Å². The Balaban J connectivity index is 1.95. The molecule has 0 fully saturated rings. The number of aromatic nitrogens is 3. The van der Waals surface area contributed by atoms with Gasteiger partial charge in [0.1, 0.15) is 23.7 Å². The molecule has 0 amide bonds. The fraction of sp³-hybridized carbons (Fsp3) is 0.235. The standard InChI is InChI=1S/C17H19N5O2/c1-23-5-6-24-14-9-11(7-12-3-2-4-20-15(12)14)8-13-10-21-17(19)22-16(13)18/h2-4,7,9-10H,5-6,8H2,1H3,(H4,18,19,21,22). The van der Waals surface area contributed by atoms with E-state index in [1.54, 1.807) is 19.5 Å². The first kappa shape index (κ1) is 15.9. The molecular weight excluding hydrogens is 306 g/mol. The van der Waals surface area contributed by atoms with Crippen LogP contribution in [-0.2, 0) is 11.2 Å². The fourth-order valence-electron chi connectivity index (χ4n) is 2.46. The van der Waals surface area contributed by atoms with Crippen molar-refractivity contribution in [2.24, 2.45) is 0 Å². The van der Waals surface area contributed by atoms with Crippen molar-refractivity contribution in [3.8, 4) is 5.75 Å². The highest BCUT2D eigenvalue weighted by Gasteiger charge is 2.10. The van der Waals surface area contributed by atoms with Crippen molar-refractivity contribution < 1.29 is 9.47 Å². The zero-order valence-corrected chi connectivity index (χ0v) is 13.4. The van der Waals surface area contributed by atoms with Crippen LogP contribution in [-0.4, -0.2) is 35.3 Å². The number of anilines is 2. The van der Waals surface area contributed by atoms with E-state index in [1.165, 1.54) is 0 Å². The van der Waals surface area contributed by atoms with Crippen LogP contribution in [0, 0.1) is 0 Å². The van der Waals surface area contributed by atoms with Crippen LogP contribution in [0.4, 0.5) is 11.8 Å². The minimum absolute atomic E-state index is 0.169. The van der Waals surface area contributed by atoms with Crippen LogP contribution in [0.25, 0.3) is 10.9 Å². The molecule has 3 aromatic rings. The maximum Gasteiger partial charge on any atom is 0.221 e. The number of nitrogen functional groups attached to an aromatic ring is 2. The third-order valence-corrected chi connectivity index (χ3v) is 3.59. The van der Waals surface area contributed by atoms with Crippen molar-refractivity contribution in [1.29, 1.82) is 0 Å². The first-order chi connectivity index (χ1) is 11.7. The SMILES string of the molecule is COCCOc1cc(Cc2cnc(N)nc2N)cc2cccnc12.